The van der Waals surface area contributed by atoms with Gasteiger partial charge < -0.3 is 15.0 Å². The van der Waals surface area contributed by atoms with Crippen LogP contribution in [0.15, 0.2) is 78.9 Å². The topological polar surface area (TPSA) is 58.6 Å². The molecule has 2 amide bonds. The van der Waals surface area contributed by atoms with Crippen molar-refractivity contribution in [3.63, 3.8) is 0 Å². The van der Waals surface area contributed by atoms with Crippen LogP contribution in [0.25, 0.3) is 0 Å². The molecule has 1 N–H and O–H groups in total. The predicted molar refractivity (Wildman–Crippen MR) is 140 cm³/mol. The quantitative estimate of drug-likeness (QED) is 0.464. The number of hydrogen-bond acceptors (Lipinski definition) is 3. The molecule has 0 radical (unpaired) electrons. The zero-order chi connectivity index (χ0) is 25.4. The van der Waals surface area contributed by atoms with Crippen LogP contribution in [-0.2, 0) is 22.6 Å². The first-order valence-corrected chi connectivity index (χ1v) is 12.0. The van der Waals surface area contributed by atoms with Gasteiger partial charge >= 0.3 is 0 Å². The third-order valence-electron chi connectivity index (χ3n) is 5.63. The largest absolute Gasteiger partial charge is 0.484 e. The zero-order valence-corrected chi connectivity index (χ0v) is 21.4. The molecule has 0 heterocycles. The fourth-order valence-corrected chi connectivity index (χ4v) is 3.76. The molecule has 0 aliphatic carbocycles. The summed E-state index contributed by atoms with van der Waals surface area (Å²) in [5, 5.41) is 3.08. The van der Waals surface area contributed by atoms with Gasteiger partial charge in [0.15, 0.2) is 6.61 Å². The van der Waals surface area contributed by atoms with E-state index in [-0.39, 0.29) is 18.4 Å². The molecule has 0 spiro atoms. The molecule has 0 bridgehead atoms. The van der Waals surface area contributed by atoms with E-state index in [1.54, 1.807) is 4.90 Å². The molecule has 0 aliphatic heterocycles. The van der Waals surface area contributed by atoms with Crippen molar-refractivity contribution in [2.75, 3.05) is 6.61 Å². The summed E-state index contributed by atoms with van der Waals surface area (Å²) in [7, 11) is 0. The second-order valence-electron chi connectivity index (χ2n) is 10.1. The van der Waals surface area contributed by atoms with Gasteiger partial charge in [0.05, 0.1) is 0 Å². The maximum atomic E-state index is 13.6. The molecule has 0 unspecified atom stereocenters. The molecule has 3 aromatic rings. The van der Waals surface area contributed by atoms with Gasteiger partial charge in [0, 0.05) is 18.5 Å². The number of hydrogen-bond donors (Lipinski definition) is 1. The summed E-state index contributed by atoms with van der Waals surface area (Å²) < 4.78 is 5.82. The molecule has 0 saturated heterocycles. The van der Waals surface area contributed by atoms with Crippen LogP contribution in [0, 0.1) is 13.8 Å². The van der Waals surface area contributed by atoms with Gasteiger partial charge in [0.2, 0.25) is 5.91 Å². The fraction of sp³-hybridized carbons (Fsp3) is 0.333. The highest BCUT2D eigenvalue weighted by Gasteiger charge is 2.32. The molecule has 3 aromatic carbocycles. The lowest BCUT2D eigenvalue weighted by atomic mass is 10.0. The molecular weight excluding hydrogens is 436 g/mol. The lowest BCUT2D eigenvalue weighted by Gasteiger charge is -2.33. The van der Waals surface area contributed by atoms with E-state index < -0.39 is 11.6 Å². The van der Waals surface area contributed by atoms with Crippen molar-refractivity contribution in [1.82, 2.24) is 10.2 Å². The highest BCUT2D eigenvalue weighted by Crippen LogP contribution is 2.18. The van der Waals surface area contributed by atoms with Gasteiger partial charge in [-0.25, -0.2) is 0 Å². The Labute approximate surface area is 209 Å². The number of carbonyl (C=O) groups is 2. The average Bonchev–Trinajstić information content (AvgIpc) is 2.81. The second-order valence-corrected chi connectivity index (χ2v) is 10.1. The Morgan fingerprint density at radius 1 is 0.829 bits per heavy atom. The maximum absolute atomic E-state index is 13.6. The summed E-state index contributed by atoms with van der Waals surface area (Å²) in [4.78, 5) is 28.7. The highest BCUT2D eigenvalue weighted by atomic mass is 16.5. The summed E-state index contributed by atoms with van der Waals surface area (Å²) in [6, 6.07) is 24.7. The van der Waals surface area contributed by atoms with Crippen molar-refractivity contribution < 1.29 is 14.3 Å². The first-order chi connectivity index (χ1) is 16.6. The van der Waals surface area contributed by atoms with Gasteiger partial charge in [-0.05, 0) is 57.9 Å². The number of benzene rings is 3. The molecule has 184 valence electrons. The number of ether oxygens (including phenoxy) is 1. The van der Waals surface area contributed by atoms with Gasteiger partial charge in [-0.15, -0.1) is 0 Å². The molecule has 0 aliphatic rings. The smallest absolute Gasteiger partial charge is 0.261 e. The van der Waals surface area contributed by atoms with Gasteiger partial charge in [0.25, 0.3) is 5.91 Å². The molecule has 1 atom stereocenters. The Kier molecular flexibility index (Phi) is 8.69. The van der Waals surface area contributed by atoms with E-state index in [0.29, 0.717) is 18.7 Å². The molecule has 0 aromatic heterocycles. The molecule has 0 saturated carbocycles. The number of nitrogens with zero attached hydrogens (tertiary/aromatic N) is 1. The van der Waals surface area contributed by atoms with Crippen molar-refractivity contribution in [2.45, 2.75) is 59.2 Å². The van der Waals surface area contributed by atoms with Gasteiger partial charge in [-0.3, -0.25) is 9.59 Å². The molecule has 35 heavy (non-hydrogen) atoms. The van der Waals surface area contributed by atoms with Crippen LogP contribution < -0.4 is 10.1 Å². The third kappa shape index (κ3) is 8.29. The summed E-state index contributed by atoms with van der Waals surface area (Å²) in [6.07, 6.45) is 0.408. The Morgan fingerprint density at radius 3 is 1.97 bits per heavy atom. The normalized spacial score (nSPS) is 12.0. The molecule has 5 heteroatoms. The molecular formula is C30H36N2O3. The van der Waals surface area contributed by atoms with Gasteiger partial charge in [-0.2, -0.15) is 0 Å². The SMILES string of the molecule is Cc1ccc(CN(C(=O)COc2ccc(C)cc2)[C@@H](Cc2ccccc2)C(=O)NC(C)(C)C)cc1. The van der Waals surface area contributed by atoms with E-state index in [4.69, 9.17) is 4.74 Å². The van der Waals surface area contributed by atoms with Crippen molar-refractivity contribution in [3.05, 3.63) is 101 Å². The van der Waals surface area contributed by atoms with Gasteiger partial charge in [-0.1, -0.05) is 77.9 Å². The Bertz CT molecular complexity index is 1100. The number of nitrogens with one attached hydrogen (secondary N) is 1. The van der Waals surface area contributed by atoms with Crippen LogP contribution in [-0.4, -0.2) is 34.9 Å². The first-order valence-electron chi connectivity index (χ1n) is 12.0. The van der Waals surface area contributed by atoms with E-state index in [2.05, 4.69) is 5.32 Å². The number of amides is 2. The summed E-state index contributed by atoms with van der Waals surface area (Å²) in [6.45, 7) is 10.0. The molecule has 3 rings (SSSR count). The van der Waals surface area contributed by atoms with E-state index in [1.165, 1.54) is 0 Å². The van der Waals surface area contributed by atoms with Crippen molar-refractivity contribution >= 4 is 11.8 Å². The van der Waals surface area contributed by atoms with Crippen LogP contribution >= 0.6 is 0 Å². The van der Waals surface area contributed by atoms with Crippen LogP contribution in [0.5, 0.6) is 5.75 Å². The van der Waals surface area contributed by atoms with Crippen LogP contribution in [0.1, 0.15) is 43.0 Å². The Balaban J connectivity index is 1.91. The van der Waals surface area contributed by atoms with E-state index in [1.807, 2.05) is 113 Å². The predicted octanol–water partition coefficient (Wildman–Crippen LogP) is 5.24. The average molecular weight is 473 g/mol. The minimum atomic E-state index is -0.688. The van der Waals surface area contributed by atoms with Crippen molar-refractivity contribution in [1.29, 1.82) is 0 Å². The van der Waals surface area contributed by atoms with Crippen molar-refractivity contribution in [3.8, 4) is 5.75 Å². The van der Waals surface area contributed by atoms with Gasteiger partial charge in [0.1, 0.15) is 11.8 Å². The monoisotopic (exact) mass is 472 g/mol. The number of aryl methyl sites for hydroxylation is 2. The number of rotatable bonds is 9. The van der Waals surface area contributed by atoms with Crippen LogP contribution in [0.4, 0.5) is 0 Å². The lowest BCUT2D eigenvalue weighted by molar-refractivity contribution is -0.143. The number of carbonyl (C=O) groups excluding carboxylic acids is 2. The second kappa shape index (κ2) is 11.7. The summed E-state index contributed by atoms with van der Waals surface area (Å²) >= 11 is 0. The minimum absolute atomic E-state index is 0.150. The minimum Gasteiger partial charge on any atom is -0.484 e. The lowest BCUT2D eigenvalue weighted by Crippen LogP contribution is -2.55. The Morgan fingerprint density at radius 2 is 1.40 bits per heavy atom. The summed E-state index contributed by atoms with van der Waals surface area (Å²) in [5.41, 5.74) is 3.78. The standard InChI is InChI=1S/C30H36N2O3/c1-22-11-15-25(16-12-22)20-32(28(33)21-35-26-17-13-23(2)14-18-26)27(29(34)31-30(3,4)5)19-24-9-7-6-8-10-24/h6-18,27H,19-21H2,1-5H3,(H,31,34)/t27-/m0/s1. The van der Waals surface area contributed by atoms with Crippen LogP contribution in [0.2, 0.25) is 0 Å². The third-order valence-corrected chi connectivity index (χ3v) is 5.63. The fourth-order valence-electron chi connectivity index (χ4n) is 3.76. The van der Waals surface area contributed by atoms with E-state index in [0.717, 1.165) is 22.3 Å². The first kappa shape index (κ1) is 26.0. The Hall–Kier alpha value is -3.60. The van der Waals surface area contributed by atoms with E-state index >= 15 is 0 Å². The zero-order valence-electron chi connectivity index (χ0n) is 21.4. The maximum Gasteiger partial charge on any atom is 0.261 e. The highest BCUT2D eigenvalue weighted by molar-refractivity contribution is 5.89. The molecule has 0 fully saturated rings. The summed E-state index contributed by atoms with van der Waals surface area (Å²) in [5.74, 6) is 0.200. The molecule has 5 nitrogen and oxygen atoms in total. The van der Waals surface area contributed by atoms with E-state index in [9.17, 15) is 9.59 Å². The van der Waals surface area contributed by atoms with Crippen LogP contribution in [0.3, 0.4) is 0 Å². The van der Waals surface area contributed by atoms with Crippen molar-refractivity contribution in [2.24, 2.45) is 0 Å².